The SMILES string of the molecule is CCCN1CCN(c2nnc(-c3cccc(Cl)c3Cl)c(N)n2)CC1. The van der Waals surface area contributed by atoms with Crippen LogP contribution in [0.25, 0.3) is 11.3 Å². The van der Waals surface area contributed by atoms with Gasteiger partial charge in [0.25, 0.3) is 0 Å². The first-order chi connectivity index (χ1) is 11.6. The molecule has 0 amide bonds. The fourth-order valence-electron chi connectivity index (χ4n) is 2.83. The van der Waals surface area contributed by atoms with Crippen molar-refractivity contribution in [2.24, 2.45) is 0 Å². The molecule has 2 aromatic rings. The second kappa shape index (κ2) is 7.51. The molecule has 0 bridgehead atoms. The first-order valence-electron chi connectivity index (χ1n) is 8.02. The van der Waals surface area contributed by atoms with E-state index < -0.39 is 0 Å². The van der Waals surface area contributed by atoms with Crippen molar-refractivity contribution in [1.29, 1.82) is 0 Å². The minimum absolute atomic E-state index is 0.306. The minimum atomic E-state index is 0.306. The van der Waals surface area contributed by atoms with E-state index in [0.29, 0.717) is 33.1 Å². The molecule has 2 N–H and O–H groups in total. The van der Waals surface area contributed by atoms with E-state index in [1.807, 2.05) is 0 Å². The van der Waals surface area contributed by atoms with Gasteiger partial charge in [-0.2, -0.15) is 4.98 Å². The molecule has 3 rings (SSSR count). The fourth-order valence-corrected chi connectivity index (χ4v) is 3.22. The van der Waals surface area contributed by atoms with E-state index in [-0.39, 0.29) is 0 Å². The van der Waals surface area contributed by atoms with Gasteiger partial charge in [-0.25, -0.2) is 0 Å². The van der Waals surface area contributed by atoms with Gasteiger partial charge in [0.15, 0.2) is 5.82 Å². The number of anilines is 2. The Morgan fingerprint density at radius 1 is 1.12 bits per heavy atom. The van der Waals surface area contributed by atoms with Gasteiger partial charge in [0.2, 0.25) is 5.95 Å². The average molecular weight is 367 g/mol. The maximum Gasteiger partial charge on any atom is 0.247 e. The topological polar surface area (TPSA) is 71.2 Å². The fraction of sp³-hybridized carbons (Fsp3) is 0.438. The van der Waals surface area contributed by atoms with Gasteiger partial charge in [-0.05, 0) is 19.0 Å². The first kappa shape index (κ1) is 17.2. The molecule has 0 radical (unpaired) electrons. The van der Waals surface area contributed by atoms with Crippen molar-refractivity contribution in [1.82, 2.24) is 20.1 Å². The maximum atomic E-state index is 6.23. The van der Waals surface area contributed by atoms with Crippen LogP contribution in [0.15, 0.2) is 18.2 Å². The molecule has 1 saturated heterocycles. The Morgan fingerprint density at radius 2 is 1.88 bits per heavy atom. The molecule has 128 valence electrons. The molecule has 2 heterocycles. The van der Waals surface area contributed by atoms with E-state index in [1.54, 1.807) is 18.2 Å². The summed E-state index contributed by atoms with van der Waals surface area (Å²) >= 11 is 12.3. The summed E-state index contributed by atoms with van der Waals surface area (Å²) in [5, 5.41) is 9.35. The third kappa shape index (κ3) is 3.55. The number of hydrogen-bond donors (Lipinski definition) is 1. The molecular formula is C16H20Cl2N6. The molecule has 6 nitrogen and oxygen atoms in total. The third-order valence-corrected chi connectivity index (χ3v) is 4.92. The lowest BCUT2D eigenvalue weighted by Gasteiger charge is -2.34. The van der Waals surface area contributed by atoms with Gasteiger partial charge < -0.3 is 10.6 Å². The van der Waals surface area contributed by atoms with Gasteiger partial charge in [0.1, 0.15) is 5.69 Å². The van der Waals surface area contributed by atoms with Crippen LogP contribution in [0.3, 0.4) is 0 Å². The lowest BCUT2D eigenvalue weighted by Crippen LogP contribution is -2.47. The van der Waals surface area contributed by atoms with E-state index in [9.17, 15) is 0 Å². The normalized spacial score (nSPS) is 15.7. The first-order valence-corrected chi connectivity index (χ1v) is 8.77. The number of rotatable bonds is 4. The van der Waals surface area contributed by atoms with Crippen LogP contribution < -0.4 is 10.6 Å². The van der Waals surface area contributed by atoms with Crippen molar-refractivity contribution in [3.05, 3.63) is 28.2 Å². The largest absolute Gasteiger partial charge is 0.382 e. The number of nitrogens with zero attached hydrogens (tertiary/aromatic N) is 5. The van der Waals surface area contributed by atoms with Crippen molar-refractivity contribution in [3.8, 4) is 11.3 Å². The maximum absolute atomic E-state index is 6.23. The Kier molecular flexibility index (Phi) is 5.38. The van der Waals surface area contributed by atoms with Gasteiger partial charge in [-0.3, -0.25) is 4.90 Å². The Hall–Kier alpha value is -1.63. The van der Waals surface area contributed by atoms with Crippen LogP contribution in [-0.4, -0.2) is 52.8 Å². The highest BCUT2D eigenvalue weighted by atomic mass is 35.5. The zero-order valence-corrected chi connectivity index (χ0v) is 15.1. The molecule has 0 spiro atoms. The highest BCUT2D eigenvalue weighted by Gasteiger charge is 2.20. The summed E-state index contributed by atoms with van der Waals surface area (Å²) in [5.41, 5.74) is 7.20. The van der Waals surface area contributed by atoms with Crippen LogP contribution in [0.5, 0.6) is 0 Å². The number of piperazine rings is 1. The van der Waals surface area contributed by atoms with Gasteiger partial charge >= 0.3 is 0 Å². The summed E-state index contributed by atoms with van der Waals surface area (Å²) in [7, 11) is 0. The van der Waals surface area contributed by atoms with Crippen molar-refractivity contribution >= 4 is 35.0 Å². The zero-order valence-electron chi connectivity index (χ0n) is 13.5. The van der Waals surface area contributed by atoms with Crippen molar-refractivity contribution < 1.29 is 0 Å². The minimum Gasteiger partial charge on any atom is -0.382 e. The molecule has 0 aliphatic carbocycles. The molecule has 0 saturated carbocycles. The number of nitrogens with two attached hydrogens (primary N) is 1. The molecule has 1 aromatic heterocycles. The smallest absolute Gasteiger partial charge is 0.247 e. The van der Waals surface area contributed by atoms with E-state index in [4.69, 9.17) is 28.9 Å². The van der Waals surface area contributed by atoms with E-state index in [0.717, 1.165) is 32.7 Å². The Labute approximate surface area is 151 Å². The lowest BCUT2D eigenvalue weighted by atomic mass is 10.1. The Bertz CT molecular complexity index is 716. The van der Waals surface area contributed by atoms with E-state index in [1.165, 1.54) is 6.42 Å². The molecule has 8 heteroatoms. The predicted octanol–water partition coefficient (Wildman–Crippen LogP) is 2.96. The van der Waals surface area contributed by atoms with Crippen molar-refractivity contribution in [2.75, 3.05) is 43.4 Å². The molecule has 1 aliphatic rings. The highest BCUT2D eigenvalue weighted by molar-refractivity contribution is 6.43. The summed E-state index contributed by atoms with van der Waals surface area (Å²) < 4.78 is 0. The second-order valence-electron chi connectivity index (χ2n) is 5.78. The molecule has 1 aromatic carbocycles. The number of halogens is 2. The monoisotopic (exact) mass is 366 g/mol. The summed E-state index contributed by atoms with van der Waals surface area (Å²) in [4.78, 5) is 8.97. The molecular weight excluding hydrogens is 347 g/mol. The number of aromatic nitrogens is 3. The second-order valence-corrected chi connectivity index (χ2v) is 6.56. The molecule has 24 heavy (non-hydrogen) atoms. The summed E-state index contributed by atoms with van der Waals surface area (Å²) in [6.07, 6.45) is 1.17. The van der Waals surface area contributed by atoms with Crippen LogP contribution in [-0.2, 0) is 0 Å². The van der Waals surface area contributed by atoms with E-state index in [2.05, 4.69) is 31.9 Å². The van der Waals surface area contributed by atoms with Crippen LogP contribution in [0, 0.1) is 0 Å². The van der Waals surface area contributed by atoms with Gasteiger partial charge in [0.05, 0.1) is 10.0 Å². The number of nitrogen functional groups attached to an aromatic ring is 1. The molecule has 1 fully saturated rings. The summed E-state index contributed by atoms with van der Waals surface area (Å²) in [6, 6.07) is 5.32. The average Bonchev–Trinajstić information content (AvgIpc) is 2.59. The van der Waals surface area contributed by atoms with Crippen LogP contribution in [0.2, 0.25) is 10.0 Å². The predicted molar refractivity (Wildman–Crippen MR) is 98.6 cm³/mol. The quantitative estimate of drug-likeness (QED) is 0.896. The Balaban J connectivity index is 1.80. The number of hydrogen-bond acceptors (Lipinski definition) is 6. The zero-order chi connectivity index (χ0) is 17.1. The van der Waals surface area contributed by atoms with Gasteiger partial charge in [-0.1, -0.05) is 42.3 Å². The summed E-state index contributed by atoms with van der Waals surface area (Å²) in [5.74, 6) is 0.866. The highest BCUT2D eigenvalue weighted by Crippen LogP contribution is 2.34. The van der Waals surface area contributed by atoms with Crippen molar-refractivity contribution in [3.63, 3.8) is 0 Å². The van der Waals surface area contributed by atoms with Crippen LogP contribution in [0.4, 0.5) is 11.8 Å². The number of benzene rings is 1. The van der Waals surface area contributed by atoms with E-state index >= 15 is 0 Å². The van der Waals surface area contributed by atoms with Crippen LogP contribution >= 0.6 is 23.2 Å². The van der Waals surface area contributed by atoms with Gasteiger partial charge in [0, 0.05) is 31.7 Å². The van der Waals surface area contributed by atoms with Gasteiger partial charge in [-0.15, -0.1) is 10.2 Å². The molecule has 0 atom stereocenters. The standard InChI is InChI=1S/C16H20Cl2N6/c1-2-6-23-7-9-24(10-8-23)16-20-15(19)14(21-22-16)11-4-3-5-12(17)13(11)18/h3-5H,2,6-10H2,1H3,(H2,19,20,22). The summed E-state index contributed by atoms with van der Waals surface area (Å²) in [6.45, 7) is 7.07. The molecule has 1 aliphatic heterocycles. The molecule has 0 unspecified atom stereocenters. The van der Waals surface area contributed by atoms with Crippen LogP contribution in [0.1, 0.15) is 13.3 Å². The Morgan fingerprint density at radius 3 is 2.54 bits per heavy atom. The third-order valence-electron chi connectivity index (χ3n) is 4.10. The lowest BCUT2D eigenvalue weighted by molar-refractivity contribution is 0.257. The van der Waals surface area contributed by atoms with Crippen molar-refractivity contribution in [2.45, 2.75) is 13.3 Å².